The van der Waals surface area contributed by atoms with Gasteiger partial charge in [-0.3, -0.25) is 4.79 Å². The van der Waals surface area contributed by atoms with E-state index >= 15 is 0 Å². The molecule has 1 aliphatic rings. The molecule has 0 radical (unpaired) electrons. The Morgan fingerprint density at radius 2 is 2.00 bits per heavy atom. The van der Waals surface area contributed by atoms with Gasteiger partial charge in [0, 0.05) is 30.4 Å². The summed E-state index contributed by atoms with van der Waals surface area (Å²) in [5, 5.41) is 2.86. The van der Waals surface area contributed by atoms with Crippen molar-refractivity contribution in [3.05, 3.63) is 58.9 Å². The maximum absolute atomic E-state index is 11.9. The summed E-state index contributed by atoms with van der Waals surface area (Å²) in [6.07, 6.45) is 2.58. The van der Waals surface area contributed by atoms with Crippen LogP contribution in [0.25, 0.3) is 22.8 Å². The number of aromatic nitrogens is 3. The molecule has 0 bridgehead atoms. The number of nitrogens with one attached hydrogen (secondary N) is 2. The third kappa shape index (κ3) is 2.38. The van der Waals surface area contributed by atoms with Gasteiger partial charge in [-0.05, 0) is 37.1 Å². The van der Waals surface area contributed by atoms with E-state index in [0.717, 1.165) is 29.1 Å². The van der Waals surface area contributed by atoms with Crippen LogP contribution in [0.3, 0.4) is 0 Å². The Kier molecular flexibility index (Phi) is 3.41. The van der Waals surface area contributed by atoms with Crippen molar-refractivity contribution in [1.82, 2.24) is 20.3 Å². The van der Waals surface area contributed by atoms with Gasteiger partial charge in [0.2, 0.25) is 0 Å². The van der Waals surface area contributed by atoms with E-state index in [0.29, 0.717) is 17.9 Å². The SMILES string of the molecule is Cc1cccc(-c2nccc(-c3cc4c([nH]3)CCNC4=O)n2)c1C. The molecule has 3 heterocycles. The van der Waals surface area contributed by atoms with Crippen LogP contribution >= 0.6 is 0 Å². The van der Waals surface area contributed by atoms with E-state index in [-0.39, 0.29) is 5.91 Å². The quantitative estimate of drug-likeness (QED) is 0.763. The van der Waals surface area contributed by atoms with Crippen LogP contribution in [-0.4, -0.2) is 27.4 Å². The molecule has 5 heteroatoms. The molecular weight excluding hydrogens is 300 g/mol. The first-order valence-electron chi connectivity index (χ1n) is 8.03. The second-order valence-corrected chi connectivity index (χ2v) is 6.09. The zero-order chi connectivity index (χ0) is 16.7. The van der Waals surface area contributed by atoms with Crippen LogP contribution in [0.4, 0.5) is 0 Å². The summed E-state index contributed by atoms with van der Waals surface area (Å²) in [6.45, 7) is 4.84. The maximum atomic E-state index is 11.9. The van der Waals surface area contributed by atoms with E-state index in [1.54, 1.807) is 6.20 Å². The van der Waals surface area contributed by atoms with Crippen molar-refractivity contribution in [3.63, 3.8) is 0 Å². The minimum atomic E-state index is -0.0254. The Bertz CT molecular complexity index is 942. The monoisotopic (exact) mass is 318 g/mol. The highest BCUT2D eigenvalue weighted by molar-refractivity contribution is 5.97. The third-order valence-corrected chi connectivity index (χ3v) is 4.58. The second kappa shape index (κ2) is 5.60. The van der Waals surface area contributed by atoms with E-state index in [9.17, 15) is 4.79 Å². The normalized spacial score (nSPS) is 13.5. The summed E-state index contributed by atoms with van der Waals surface area (Å²) in [7, 11) is 0. The first kappa shape index (κ1) is 14.6. The number of hydrogen-bond acceptors (Lipinski definition) is 3. The van der Waals surface area contributed by atoms with Crippen molar-refractivity contribution >= 4 is 5.91 Å². The molecule has 0 aliphatic carbocycles. The van der Waals surface area contributed by atoms with E-state index in [2.05, 4.69) is 35.2 Å². The lowest BCUT2D eigenvalue weighted by Crippen LogP contribution is -2.31. The Morgan fingerprint density at radius 3 is 2.83 bits per heavy atom. The van der Waals surface area contributed by atoms with Gasteiger partial charge < -0.3 is 10.3 Å². The van der Waals surface area contributed by atoms with Gasteiger partial charge in [0.25, 0.3) is 5.91 Å². The van der Waals surface area contributed by atoms with Crippen LogP contribution in [0, 0.1) is 13.8 Å². The third-order valence-electron chi connectivity index (χ3n) is 4.58. The first-order chi connectivity index (χ1) is 11.6. The molecule has 0 atom stereocenters. The molecule has 1 aliphatic heterocycles. The number of benzene rings is 1. The van der Waals surface area contributed by atoms with Gasteiger partial charge in [-0.1, -0.05) is 18.2 Å². The van der Waals surface area contributed by atoms with Crippen LogP contribution in [0.15, 0.2) is 36.5 Å². The molecule has 0 saturated carbocycles. The predicted molar refractivity (Wildman–Crippen MR) is 92.8 cm³/mol. The van der Waals surface area contributed by atoms with Crippen molar-refractivity contribution < 1.29 is 4.79 Å². The molecule has 0 fully saturated rings. The van der Waals surface area contributed by atoms with E-state index in [1.165, 1.54) is 11.1 Å². The summed E-state index contributed by atoms with van der Waals surface area (Å²) in [6, 6.07) is 9.88. The zero-order valence-electron chi connectivity index (χ0n) is 13.7. The number of hydrogen-bond donors (Lipinski definition) is 2. The molecule has 5 nitrogen and oxygen atoms in total. The molecule has 3 aromatic rings. The Labute approximate surface area is 140 Å². The van der Waals surface area contributed by atoms with Gasteiger partial charge >= 0.3 is 0 Å². The Morgan fingerprint density at radius 1 is 1.12 bits per heavy atom. The fourth-order valence-electron chi connectivity index (χ4n) is 3.06. The predicted octanol–water partition coefficient (Wildman–Crippen LogP) is 3.04. The summed E-state index contributed by atoms with van der Waals surface area (Å²) in [5.41, 5.74) is 6.76. The number of aryl methyl sites for hydroxylation is 1. The molecule has 2 aromatic heterocycles. The molecule has 2 N–H and O–H groups in total. The van der Waals surface area contributed by atoms with Crippen LogP contribution < -0.4 is 5.32 Å². The van der Waals surface area contributed by atoms with Gasteiger partial charge in [0.05, 0.1) is 17.0 Å². The molecule has 1 aromatic carbocycles. The molecule has 0 saturated heterocycles. The number of rotatable bonds is 2. The highest BCUT2D eigenvalue weighted by Crippen LogP contribution is 2.26. The van der Waals surface area contributed by atoms with Crippen molar-refractivity contribution in [3.8, 4) is 22.8 Å². The Hall–Kier alpha value is -2.95. The van der Waals surface area contributed by atoms with Gasteiger partial charge in [-0.15, -0.1) is 0 Å². The lowest BCUT2D eigenvalue weighted by atomic mass is 10.0. The van der Waals surface area contributed by atoms with Crippen LogP contribution in [0.5, 0.6) is 0 Å². The van der Waals surface area contributed by atoms with Crippen LogP contribution in [0.1, 0.15) is 27.2 Å². The van der Waals surface area contributed by atoms with Crippen molar-refractivity contribution in [2.24, 2.45) is 0 Å². The Balaban J connectivity index is 1.78. The number of aromatic amines is 1. The summed E-state index contributed by atoms with van der Waals surface area (Å²) < 4.78 is 0. The molecule has 120 valence electrons. The van der Waals surface area contributed by atoms with Crippen LogP contribution in [-0.2, 0) is 6.42 Å². The van der Waals surface area contributed by atoms with Crippen molar-refractivity contribution in [2.45, 2.75) is 20.3 Å². The average Bonchev–Trinajstić information content (AvgIpc) is 3.03. The number of H-pyrrole nitrogens is 1. The lowest BCUT2D eigenvalue weighted by molar-refractivity contribution is 0.0946. The number of amides is 1. The molecule has 24 heavy (non-hydrogen) atoms. The molecule has 4 rings (SSSR count). The minimum absolute atomic E-state index is 0.0254. The van der Waals surface area contributed by atoms with Crippen molar-refractivity contribution in [2.75, 3.05) is 6.54 Å². The maximum Gasteiger partial charge on any atom is 0.253 e. The molecule has 0 spiro atoms. The standard InChI is InChI=1S/C19H18N4O/c1-11-4-3-5-13(12(11)2)18-20-8-7-16(23-18)17-10-14-15(22-17)6-9-21-19(14)24/h3-5,7-8,10,22H,6,9H2,1-2H3,(H,21,24). The van der Waals surface area contributed by atoms with E-state index in [1.807, 2.05) is 24.3 Å². The van der Waals surface area contributed by atoms with Crippen molar-refractivity contribution in [1.29, 1.82) is 0 Å². The summed E-state index contributed by atoms with van der Waals surface area (Å²) in [4.78, 5) is 24.4. The fraction of sp³-hybridized carbons (Fsp3) is 0.211. The van der Waals surface area contributed by atoms with Crippen LogP contribution in [0.2, 0.25) is 0 Å². The van der Waals surface area contributed by atoms with Gasteiger partial charge in [0.15, 0.2) is 5.82 Å². The number of carbonyl (C=O) groups is 1. The highest BCUT2D eigenvalue weighted by atomic mass is 16.1. The van der Waals surface area contributed by atoms with E-state index < -0.39 is 0 Å². The molecule has 1 amide bonds. The zero-order valence-corrected chi connectivity index (χ0v) is 13.7. The van der Waals surface area contributed by atoms with E-state index in [4.69, 9.17) is 4.98 Å². The minimum Gasteiger partial charge on any atom is -0.356 e. The number of fused-ring (bicyclic) bond motifs is 1. The summed E-state index contributed by atoms with van der Waals surface area (Å²) >= 11 is 0. The van der Waals surface area contributed by atoms with Gasteiger partial charge in [-0.2, -0.15) is 0 Å². The molecular formula is C19H18N4O. The highest BCUT2D eigenvalue weighted by Gasteiger charge is 2.20. The first-order valence-corrected chi connectivity index (χ1v) is 8.03. The summed E-state index contributed by atoms with van der Waals surface area (Å²) in [5.74, 6) is 0.674. The lowest BCUT2D eigenvalue weighted by Gasteiger charge is -2.11. The topological polar surface area (TPSA) is 70.7 Å². The smallest absolute Gasteiger partial charge is 0.253 e. The molecule has 0 unspecified atom stereocenters. The van der Waals surface area contributed by atoms with Gasteiger partial charge in [0.1, 0.15) is 0 Å². The second-order valence-electron chi connectivity index (χ2n) is 6.09. The fourth-order valence-corrected chi connectivity index (χ4v) is 3.06. The average molecular weight is 318 g/mol. The largest absolute Gasteiger partial charge is 0.356 e. The number of nitrogens with zero attached hydrogens (tertiary/aromatic N) is 2. The number of carbonyl (C=O) groups excluding carboxylic acids is 1. The van der Waals surface area contributed by atoms with Gasteiger partial charge in [-0.25, -0.2) is 9.97 Å².